The summed E-state index contributed by atoms with van der Waals surface area (Å²) in [6.45, 7) is 10.3. The minimum Gasteiger partial charge on any atom is -0.334 e. The first kappa shape index (κ1) is 16.7. The second-order valence-electron chi connectivity index (χ2n) is 6.06. The van der Waals surface area contributed by atoms with Crippen LogP contribution < -0.4 is 9.80 Å². The molecule has 0 aliphatic carbocycles. The lowest BCUT2D eigenvalue weighted by atomic mass is 10.1. The van der Waals surface area contributed by atoms with Crippen LogP contribution in [0.1, 0.15) is 20.8 Å². The van der Waals surface area contributed by atoms with Crippen LogP contribution in [0.5, 0.6) is 0 Å². The molecule has 2 aromatic carbocycles. The van der Waals surface area contributed by atoms with Crippen LogP contribution in [0.4, 0.5) is 11.4 Å². The van der Waals surface area contributed by atoms with Gasteiger partial charge in [-0.3, -0.25) is 0 Å². The number of quaternary nitrogens is 1. The number of nitrogens with one attached hydrogen (secondary N) is 1. The van der Waals surface area contributed by atoms with Gasteiger partial charge in [0, 0.05) is 14.8 Å². The SMILES string of the molecule is CC[NH+](CC)CC(C)N1c2ccccc2Sc2ccc(Cl)cc21. The van der Waals surface area contributed by atoms with Gasteiger partial charge in [-0.15, -0.1) is 0 Å². The van der Waals surface area contributed by atoms with Gasteiger partial charge in [0.15, 0.2) is 0 Å². The van der Waals surface area contributed by atoms with Gasteiger partial charge in [0.25, 0.3) is 0 Å². The fourth-order valence-corrected chi connectivity index (χ4v) is 4.50. The van der Waals surface area contributed by atoms with Crippen molar-refractivity contribution >= 4 is 34.7 Å². The Labute approximate surface area is 148 Å². The minimum atomic E-state index is 0.421. The first-order chi connectivity index (χ1) is 11.1. The van der Waals surface area contributed by atoms with E-state index in [1.54, 1.807) is 4.90 Å². The van der Waals surface area contributed by atoms with Crippen molar-refractivity contribution < 1.29 is 4.90 Å². The van der Waals surface area contributed by atoms with Crippen LogP contribution in [-0.4, -0.2) is 25.7 Å². The molecule has 2 nitrogen and oxygen atoms in total. The Hall–Kier alpha value is -1.16. The zero-order chi connectivity index (χ0) is 16.4. The molecule has 1 atom stereocenters. The topological polar surface area (TPSA) is 7.68 Å². The molecule has 0 amide bonds. The summed E-state index contributed by atoms with van der Waals surface area (Å²) in [5, 5.41) is 0.802. The molecule has 1 aliphatic heterocycles. The van der Waals surface area contributed by atoms with E-state index in [1.807, 2.05) is 17.8 Å². The van der Waals surface area contributed by atoms with E-state index in [0.717, 1.165) is 24.7 Å². The van der Waals surface area contributed by atoms with Crippen molar-refractivity contribution in [1.82, 2.24) is 0 Å². The number of halogens is 1. The molecule has 1 aliphatic rings. The standard InChI is InChI=1S/C19H23ClN2S/c1-4-21(5-2)13-14(3)22-16-8-6-7-9-18(16)23-19-11-10-15(20)12-17(19)22/h6-12,14H,4-5,13H2,1-3H3/p+1. The highest BCUT2D eigenvalue weighted by molar-refractivity contribution is 7.99. The molecule has 2 aromatic rings. The molecule has 0 bridgehead atoms. The first-order valence-electron chi connectivity index (χ1n) is 8.33. The second kappa shape index (κ2) is 7.16. The van der Waals surface area contributed by atoms with Crippen LogP contribution in [0.3, 0.4) is 0 Å². The molecule has 3 rings (SSSR count). The summed E-state index contributed by atoms with van der Waals surface area (Å²) in [5.74, 6) is 0. The minimum absolute atomic E-state index is 0.421. The summed E-state index contributed by atoms with van der Waals surface area (Å²) in [5.41, 5.74) is 2.53. The summed E-state index contributed by atoms with van der Waals surface area (Å²) in [4.78, 5) is 6.70. The average molecular weight is 348 g/mol. The third-order valence-corrected chi connectivity index (χ3v) is 5.92. The van der Waals surface area contributed by atoms with Gasteiger partial charge < -0.3 is 9.80 Å². The van der Waals surface area contributed by atoms with Gasteiger partial charge in [-0.05, 0) is 51.1 Å². The van der Waals surface area contributed by atoms with Crippen molar-refractivity contribution in [3.05, 3.63) is 47.5 Å². The molecule has 122 valence electrons. The van der Waals surface area contributed by atoms with Gasteiger partial charge in [0.05, 0.1) is 37.1 Å². The molecule has 1 N–H and O–H groups in total. The molecule has 4 heteroatoms. The van der Waals surface area contributed by atoms with Crippen LogP contribution in [0, 0.1) is 0 Å². The zero-order valence-corrected chi connectivity index (χ0v) is 15.5. The summed E-state index contributed by atoms with van der Waals surface area (Å²) in [6.07, 6.45) is 0. The van der Waals surface area contributed by atoms with Gasteiger partial charge in [-0.25, -0.2) is 0 Å². The van der Waals surface area contributed by atoms with Gasteiger partial charge in [0.1, 0.15) is 0 Å². The predicted molar refractivity (Wildman–Crippen MR) is 101 cm³/mol. The predicted octanol–water partition coefficient (Wildman–Crippen LogP) is 4.26. The molecule has 1 heterocycles. The van der Waals surface area contributed by atoms with Crippen LogP contribution in [0.15, 0.2) is 52.3 Å². The largest absolute Gasteiger partial charge is 0.334 e. The number of hydrogen-bond donors (Lipinski definition) is 1. The van der Waals surface area contributed by atoms with Crippen LogP contribution in [0.25, 0.3) is 0 Å². The number of anilines is 2. The van der Waals surface area contributed by atoms with Gasteiger partial charge in [-0.2, -0.15) is 0 Å². The molecule has 0 fully saturated rings. The Morgan fingerprint density at radius 2 is 1.74 bits per heavy atom. The third kappa shape index (κ3) is 3.37. The van der Waals surface area contributed by atoms with E-state index in [9.17, 15) is 0 Å². The molecule has 0 radical (unpaired) electrons. The molecule has 0 aromatic heterocycles. The van der Waals surface area contributed by atoms with Crippen molar-refractivity contribution in [3.63, 3.8) is 0 Å². The maximum atomic E-state index is 6.29. The average Bonchev–Trinajstić information content (AvgIpc) is 2.57. The smallest absolute Gasteiger partial charge is 0.0979 e. The summed E-state index contributed by atoms with van der Waals surface area (Å²) >= 11 is 8.13. The van der Waals surface area contributed by atoms with Crippen molar-refractivity contribution in [2.75, 3.05) is 24.5 Å². The van der Waals surface area contributed by atoms with Gasteiger partial charge in [-0.1, -0.05) is 35.5 Å². The third-order valence-electron chi connectivity index (χ3n) is 4.55. The van der Waals surface area contributed by atoms with E-state index in [4.69, 9.17) is 11.6 Å². The van der Waals surface area contributed by atoms with Crippen molar-refractivity contribution in [2.24, 2.45) is 0 Å². The molecule has 0 saturated heterocycles. The first-order valence-corrected chi connectivity index (χ1v) is 9.52. The normalized spacial score (nSPS) is 14.6. The summed E-state index contributed by atoms with van der Waals surface area (Å²) < 4.78 is 0. The lowest BCUT2D eigenvalue weighted by Gasteiger charge is -2.38. The number of fused-ring (bicyclic) bond motifs is 2. The zero-order valence-electron chi connectivity index (χ0n) is 14.0. The van der Waals surface area contributed by atoms with Crippen molar-refractivity contribution in [2.45, 2.75) is 36.6 Å². The number of benzene rings is 2. The number of nitrogens with zero attached hydrogens (tertiary/aromatic N) is 1. The van der Waals surface area contributed by atoms with E-state index in [2.05, 4.69) is 62.1 Å². The monoisotopic (exact) mass is 347 g/mol. The number of para-hydroxylation sites is 1. The van der Waals surface area contributed by atoms with Crippen LogP contribution in [-0.2, 0) is 0 Å². The van der Waals surface area contributed by atoms with E-state index >= 15 is 0 Å². The highest BCUT2D eigenvalue weighted by atomic mass is 35.5. The van der Waals surface area contributed by atoms with E-state index in [1.165, 1.54) is 21.2 Å². The Morgan fingerprint density at radius 1 is 1.04 bits per heavy atom. The van der Waals surface area contributed by atoms with E-state index in [0.29, 0.717) is 6.04 Å². The maximum absolute atomic E-state index is 6.29. The van der Waals surface area contributed by atoms with Crippen molar-refractivity contribution in [3.8, 4) is 0 Å². The lowest BCUT2D eigenvalue weighted by molar-refractivity contribution is -0.897. The fraction of sp³-hybridized carbons (Fsp3) is 0.368. The van der Waals surface area contributed by atoms with Gasteiger partial charge in [0.2, 0.25) is 0 Å². The van der Waals surface area contributed by atoms with Gasteiger partial charge >= 0.3 is 0 Å². The second-order valence-corrected chi connectivity index (χ2v) is 7.58. The number of rotatable bonds is 5. The summed E-state index contributed by atoms with van der Waals surface area (Å²) in [7, 11) is 0. The number of likely N-dealkylation sites (N-methyl/N-ethyl adjacent to an activating group) is 1. The Balaban J connectivity index is 2.02. The highest BCUT2D eigenvalue weighted by Gasteiger charge is 2.28. The highest BCUT2D eigenvalue weighted by Crippen LogP contribution is 2.49. The lowest BCUT2D eigenvalue weighted by Crippen LogP contribution is -3.12. The maximum Gasteiger partial charge on any atom is 0.0979 e. The molecule has 0 saturated carbocycles. The molecule has 23 heavy (non-hydrogen) atoms. The molecule has 1 unspecified atom stereocenters. The van der Waals surface area contributed by atoms with Crippen molar-refractivity contribution in [1.29, 1.82) is 0 Å². The fourth-order valence-electron chi connectivity index (χ4n) is 3.28. The molecular weight excluding hydrogens is 324 g/mol. The number of hydrogen-bond acceptors (Lipinski definition) is 2. The van der Waals surface area contributed by atoms with E-state index in [-0.39, 0.29) is 0 Å². The Morgan fingerprint density at radius 3 is 2.48 bits per heavy atom. The Bertz CT molecular complexity index is 685. The van der Waals surface area contributed by atoms with E-state index < -0.39 is 0 Å². The van der Waals surface area contributed by atoms with Crippen LogP contribution >= 0.6 is 23.4 Å². The molecular formula is C19H24ClN2S+. The molecule has 0 spiro atoms. The summed E-state index contributed by atoms with van der Waals surface area (Å²) in [6, 6.07) is 15.3. The van der Waals surface area contributed by atoms with Crippen LogP contribution in [0.2, 0.25) is 5.02 Å². The Kier molecular flexibility index (Phi) is 5.20. The quantitative estimate of drug-likeness (QED) is 0.864.